The van der Waals surface area contributed by atoms with Gasteiger partial charge >= 0.3 is 0 Å². The zero-order chi connectivity index (χ0) is 24.1. The fourth-order valence-corrected chi connectivity index (χ4v) is 5.17. The number of aryl methyl sites for hydroxylation is 1. The highest BCUT2D eigenvalue weighted by Gasteiger charge is 2.25. The van der Waals surface area contributed by atoms with Gasteiger partial charge < -0.3 is 14.6 Å². The smallest absolute Gasteiger partial charge is 0.265 e. The Labute approximate surface area is 199 Å². The van der Waals surface area contributed by atoms with Crippen molar-refractivity contribution >= 4 is 21.5 Å². The van der Waals surface area contributed by atoms with E-state index in [0.29, 0.717) is 18.1 Å². The lowest BCUT2D eigenvalue weighted by Crippen LogP contribution is -2.30. The van der Waals surface area contributed by atoms with E-state index < -0.39 is 10.0 Å². The molecule has 4 aromatic rings. The van der Waals surface area contributed by atoms with E-state index in [-0.39, 0.29) is 10.9 Å². The molecule has 0 radical (unpaired) electrons. The minimum Gasteiger partial charge on any atom is -0.497 e. The second-order valence-electron chi connectivity index (χ2n) is 7.63. The van der Waals surface area contributed by atoms with Gasteiger partial charge in [0.15, 0.2) is 0 Å². The highest BCUT2D eigenvalue weighted by Crippen LogP contribution is 2.28. The normalized spacial score (nSPS) is 12.2. The third-order valence-electron chi connectivity index (χ3n) is 5.49. The van der Waals surface area contributed by atoms with E-state index in [4.69, 9.17) is 4.74 Å². The van der Waals surface area contributed by atoms with E-state index in [1.165, 1.54) is 10.5 Å². The number of nitrogens with one attached hydrogen (secondary N) is 1. The molecule has 176 valence electrons. The molecule has 0 saturated carbocycles. The van der Waals surface area contributed by atoms with Gasteiger partial charge in [-0.25, -0.2) is 18.4 Å². The fraction of sp³-hybridized carbons (Fsp3) is 0.200. The summed E-state index contributed by atoms with van der Waals surface area (Å²) < 4.78 is 35.2. The molecule has 0 spiro atoms. The van der Waals surface area contributed by atoms with Crippen molar-refractivity contribution in [2.45, 2.75) is 17.9 Å². The summed E-state index contributed by atoms with van der Waals surface area (Å²) in [6.07, 6.45) is 4.98. The molecule has 9 heteroatoms. The minimum absolute atomic E-state index is 0.124. The van der Waals surface area contributed by atoms with Crippen molar-refractivity contribution < 1.29 is 13.2 Å². The molecule has 2 heterocycles. The Morgan fingerprint density at radius 1 is 1.06 bits per heavy atom. The van der Waals surface area contributed by atoms with Crippen molar-refractivity contribution in [3.63, 3.8) is 0 Å². The Kier molecular flexibility index (Phi) is 6.83. The number of imidazole rings is 1. The lowest BCUT2D eigenvalue weighted by Gasteiger charge is -2.23. The van der Waals surface area contributed by atoms with Crippen LogP contribution in [-0.4, -0.2) is 36.6 Å². The number of ether oxygens (including phenoxy) is 1. The van der Waals surface area contributed by atoms with Gasteiger partial charge in [0.1, 0.15) is 28.3 Å². The summed E-state index contributed by atoms with van der Waals surface area (Å²) >= 11 is 0. The topological polar surface area (TPSA) is 89.4 Å². The molecule has 1 N–H and O–H groups in total. The van der Waals surface area contributed by atoms with E-state index >= 15 is 0 Å². The lowest BCUT2D eigenvalue weighted by molar-refractivity contribution is 0.414. The molecule has 1 atom stereocenters. The van der Waals surface area contributed by atoms with Gasteiger partial charge in [-0.1, -0.05) is 30.3 Å². The number of hydrogen-bond donors (Lipinski definition) is 1. The molecule has 0 bridgehead atoms. The first-order chi connectivity index (χ1) is 16.4. The van der Waals surface area contributed by atoms with E-state index in [1.54, 1.807) is 44.5 Å². The van der Waals surface area contributed by atoms with Crippen LogP contribution in [0.4, 0.5) is 11.5 Å². The summed E-state index contributed by atoms with van der Waals surface area (Å²) in [4.78, 5) is 9.04. The van der Waals surface area contributed by atoms with E-state index in [2.05, 4.69) is 15.3 Å². The van der Waals surface area contributed by atoms with Crippen LogP contribution in [0.5, 0.6) is 5.75 Å². The predicted molar refractivity (Wildman–Crippen MR) is 133 cm³/mol. The highest BCUT2D eigenvalue weighted by atomic mass is 32.2. The maximum Gasteiger partial charge on any atom is 0.265 e. The average molecular weight is 478 g/mol. The number of sulfonamides is 1. The SMILES string of the molecule is CCN(c1ccccc1)S(=O)(=O)c1ccc(NC(c2cccc(OC)c2)c2nccn2C)nc1. The number of hydrogen-bond acceptors (Lipinski definition) is 6. The summed E-state index contributed by atoms with van der Waals surface area (Å²) in [5.74, 6) is 2.04. The van der Waals surface area contributed by atoms with E-state index in [9.17, 15) is 8.42 Å². The van der Waals surface area contributed by atoms with Crippen LogP contribution in [0.3, 0.4) is 0 Å². The molecule has 0 amide bonds. The molecular weight excluding hydrogens is 450 g/mol. The second-order valence-corrected chi connectivity index (χ2v) is 9.50. The van der Waals surface area contributed by atoms with Crippen molar-refractivity contribution in [2.75, 3.05) is 23.3 Å². The zero-order valence-electron chi connectivity index (χ0n) is 19.3. The first kappa shape index (κ1) is 23.3. The largest absolute Gasteiger partial charge is 0.497 e. The van der Waals surface area contributed by atoms with Gasteiger partial charge in [-0.15, -0.1) is 0 Å². The third kappa shape index (κ3) is 4.74. The van der Waals surface area contributed by atoms with Crippen molar-refractivity contribution in [2.24, 2.45) is 7.05 Å². The number of aromatic nitrogens is 3. The van der Waals surface area contributed by atoms with Gasteiger partial charge in [0.25, 0.3) is 10.0 Å². The standard InChI is InChI=1S/C25H27N5O3S/c1-4-30(20-10-6-5-7-11-20)34(31,32)22-13-14-23(27-18-22)28-24(25-26-15-16-29(25)2)19-9-8-12-21(17-19)33-3/h5-18,24H,4H2,1-3H3,(H,27,28). The van der Waals surface area contributed by atoms with Crippen LogP contribution in [-0.2, 0) is 17.1 Å². The molecule has 2 aromatic heterocycles. The third-order valence-corrected chi connectivity index (χ3v) is 7.38. The maximum absolute atomic E-state index is 13.3. The molecule has 8 nitrogen and oxygen atoms in total. The number of methoxy groups -OCH3 is 1. The van der Waals surface area contributed by atoms with E-state index in [0.717, 1.165) is 17.1 Å². The Balaban J connectivity index is 1.64. The zero-order valence-corrected chi connectivity index (χ0v) is 20.1. The number of rotatable bonds is 9. The molecular formula is C25H27N5O3S. The Hall–Kier alpha value is -3.85. The summed E-state index contributed by atoms with van der Waals surface area (Å²) in [5.41, 5.74) is 1.55. The Bertz CT molecular complexity index is 1340. The number of para-hydroxylation sites is 1. The summed E-state index contributed by atoms with van der Waals surface area (Å²) in [7, 11) is -0.208. The lowest BCUT2D eigenvalue weighted by atomic mass is 10.1. The van der Waals surface area contributed by atoms with Crippen LogP contribution in [0.15, 0.2) is 90.2 Å². The van der Waals surface area contributed by atoms with Crippen molar-refractivity contribution in [1.29, 1.82) is 0 Å². The Morgan fingerprint density at radius 2 is 1.85 bits per heavy atom. The predicted octanol–water partition coefficient (Wildman–Crippen LogP) is 4.24. The van der Waals surface area contributed by atoms with E-state index in [1.807, 2.05) is 60.3 Å². The van der Waals surface area contributed by atoms with Gasteiger partial charge in [-0.05, 0) is 48.9 Å². The van der Waals surface area contributed by atoms with Crippen molar-refractivity contribution in [1.82, 2.24) is 14.5 Å². The Morgan fingerprint density at radius 3 is 2.47 bits per heavy atom. The van der Waals surface area contributed by atoms with Crippen LogP contribution in [0.25, 0.3) is 0 Å². The summed E-state index contributed by atoms with van der Waals surface area (Å²) in [6, 6.07) is 19.7. The molecule has 1 unspecified atom stereocenters. The van der Waals surface area contributed by atoms with Crippen LogP contribution >= 0.6 is 0 Å². The monoisotopic (exact) mass is 477 g/mol. The number of anilines is 2. The average Bonchev–Trinajstić information content (AvgIpc) is 3.29. The molecule has 0 aliphatic carbocycles. The minimum atomic E-state index is -3.75. The van der Waals surface area contributed by atoms with Crippen LogP contribution < -0.4 is 14.4 Å². The van der Waals surface area contributed by atoms with Gasteiger partial charge in [-0.2, -0.15) is 0 Å². The second kappa shape index (κ2) is 9.96. The van der Waals surface area contributed by atoms with Crippen LogP contribution in [0.1, 0.15) is 24.4 Å². The molecule has 0 saturated heterocycles. The summed E-state index contributed by atoms with van der Waals surface area (Å²) in [5, 5.41) is 3.38. The maximum atomic E-state index is 13.3. The molecule has 4 rings (SSSR count). The summed E-state index contributed by atoms with van der Waals surface area (Å²) in [6.45, 7) is 2.11. The number of benzene rings is 2. The number of pyridine rings is 1. The highest BCUT2D eigenvalue weighted by molar-refractivity contribution is 7.92. The fourth-order valence-electron chi connectivity index (χ4n) is 3.75. The number of nitrogens with zero attached hydrogens (tertiary/aromatic N) is 4. The molecule has 2 aromatic carbocycles. The molecule has 0 fully saturated rings. The quantitative estimate of drug-likeness (QED) is 0.388. The van der Waals surface area contributed by atoms with Crippen molar-refractivity contribution in [3.05, 3.63) is 96.7 Å². The van der Waals surface area contributed by atoms with Crippen LogP contribution in [0.2, 0.25) is 0 Å². The van der Waals surface area contributed by atoms with Crippen molar-refractivity contribution in [3.8, 4) is 5.75 Å². The van der Waals surface area contributed by atoms with Gasteiger partial charge in [0, 0.05) is 32.2 Å². The molecule has 0 aliphatic heterocycles. The molecule has 34 heavy (non-hydrogen) atoms. The first-order valence-electron chi connectivity index (χ1n) is 10.9. The van der Waals surface area contributed by atoms with Gasteiger partial charge in [0.05, 0.1) is 12.8 Å². The van der Waals surface area contributed by atoms with Gasteiger partial charge in [-0.3, -0.25) is 4.31 Å². The first-order valence-corrected chi connectivity index (χ1v) is 12.3. The van der Waals surface area contributed by atoms with Gasteiger partial charge in [0.2, 0.25) is 0 Å². The van der Waals surface area contributed by atoms with Crippen LogP contribution in [0, 0.1) is 0 Å². The molecule has 0 aliphatic rings.